The van der Waals surface area contributed by atoms with Gasteiger partial charge in [0.2, 0.25) is 10.0 Å². The Hall–Kier alpha value is -0.660. The summed E-state index contributed by atoms with van der Waals surface area (Å²) < 4.78 is 24.8. The van der Waals surface area contributed by atoms with Gasteiger partial charge in [-0.15, -0.1) is 0 Å². The highest BCUT2D eigenvalue weighted by Gasteiger charge is 2.11. The summed E-state index contributed by atoms with van der Waals surface area (Å²) in [5.41, 5.74) is 0. The van der Waals surface area contributed by atoms with Crippen LogP contribution in [-0.4, -0.2) is 56.8 Å². The molecular weight excluding hydrogens is 220 g/mol. The van der Waals surface area contributed by atoms with Crippen molar-refractivity contribution in [1.29, 1.82) is 0 Å². The summed E-state index contributed by atoms with van der Waals surface area (Å²) in [6.45, 7) is 3.74. The van der Waals surface area contributed by atoms with E-state index in [1.54, 1.807) is 0 Å². The molecule has 0 saturated carbocycles. The molecule has 0 atom stereocenters. The van der Waals surface area contributed by atoms with E-state index >= 15 is 0 Å². The largest absolute Gasteiger partial charge is 0.481 e. The average Bonchev–Trinajstić information content (AvgIpc) is 2.14. The predicted octanol–water partition coefficient (Wildman–Crippen LogP) is -0.668. The molecule has 0 aliphatic rings. The van der Waals surface area contributed by atoms with E-state index in [1.165, 1.54) is 0 Å². The number of rotatable bonds is 8. The Kier molecular flexibility index (Phi) is 6.46. The third-order valence-corrected chi connectivity index (χ3v) is 3.33. The van der Waals surface area contributed by atoms with Gasteiger partial charge in [0.1, 0.15) is 0 Å². The van der Waals surface area contributed by atoms with Crippen LogP contribution in [0.25, 0.3) is 0 Å². The van der Waals surface area contributed by atoms with Crippen molar-refractivity contribution in [2.75, 3.05) is 32.4 Å². The van der Waals surface area contributed by atoms with Gasteiger partial charge in [-0.25, -0.2) is 13.1 Å². The lowest BCUT2D eigenvalue weighted by atomic mass is 10.5. The van der Waals surface area contributed by atoms with E-state index in [9.17, 15) is 13.2 Å². The van der Waals surface area contributed by atoms with Crippen molar-refractivity contribution in [1.82, 2.24) is 9.62 Å². The molecule has 6 nitrogen and oxygen atoms in total. The van der Waals surface area contributed by atoms with Crippen LogP contribution in [0.15, 0.2) is 0 Å². The first-order valence-corrected chi connectivity index (χ1v) is 6.40. The van der Waals surface area contributed by atoms with Crippen molar-refractivity contribution in [3.8, 4) is 0 Å². The summed E-state index contributed by atoms with van der Waals surface area (Å²) in [4.78, 5) is 12.1. The Morgan fingerprint density at radius 2 is 2.07 bits per heavy atom. The monoisotopic (exact) mass is 238 g/mol. The lowest BCUT2D eigenvalue weighted by Gasteiger charge is -2.13. The first-order valence-electron chi connectivity index (χ1n) is 4.75. The topological polar surface area (TPSA) is 86.7 Å². The van der Waals surface area contributed by atoms with Crippen LogP contribution in [0.3, 0.4) is 0 Å². The van der Waals surface area contributed by atoms with Crippen LogP contribution < -0.4 is 4.72 Å². The van der Waals surface area contributed by atoms with E-state index in [0.717, 1.165) is 6.54 Å². The molecule has 0 amide bonds. The van der Waals surface area contributed by atoms with Crippen LogP contribution in [0.5, 0.6) is 0 Å². The molecule has 0 aromatic carbocycles. The van der Waals surface area contributed by atoms with E-state index in [-0.39, 0.29) is 12.2 Å². The Labute approximate surface area is 90.3 Å². The smallest absolute Gasteiger partial charge is 0.304 e. The zero-order chi connectivity index (χ0) is 11.9. The maximum atomic E-state index is 11.2. The first-order chi connectivity index (χ1) is 6.87. The molecule has 0 radical (unpaired) electrons. The molecule has 0 aliphatic heterocycles. The van der Waals surface area contributed by atoms with E-state index in [0.29, 0.717) is 13.1 Å². The number of carboxylic acids is 1. The number of likely N-dealkylation sites (N-methyl/N-ethyl adjacent to an activating group) is 1. The molecule has 0 heterocycles. The van der Waals surface area contributed by atoms with Crippen LogP contribution in [0.1, 0.15) is 13.3 Å². The molecule has 0 spiro atoms. The Morgan fingerprint density at radius 3 is 2.53 bits per heavy atom. The number of carbonyl (C=O) groups is 1. The summed E-state index contributed by atoms with van der Waals surface area (Å²) in [5, 5.41) is 8.33. The van der Waals surface area contributed by atoms with Crippen molar-refractivity contribution in [2.24, 2.45) is 0 Å². The second kappa shape index (κ2) is 6.76. The molecule has 0 unspecified atom stereocenters. The van der Waals surface area contributed by atoms with Crippen molar-refractivity contribution in [3.05, 3.63) is 0 Å². The minimum Gasteiger partial charge on any atom is -0.481 e. The second-order valence-electron chi connectivity index (χ2n) is 3.25. The number of hydrogen-bond acceptors (Lipinski definition) is 4. The van der Waals surface area contributed by atoms with Gasteiger partial charge in [0.05, 0.1) is 12.2 Å². The highest BCUT2D eigenvalue weighted by molar-refractivity contribution is 7.89. The van der Waals surface area contributed by atoms with Gasteiger partial charge in [0.15, 0.2) is 0 Å². The van der Waals surface area contributed by atoms with Crippen LogP contribution in [0.2, 0.25) is 0 Å². The van der Waals surface area contributed by atoms with Crippen LogP contribution in [-0.2, 0) is 14.8 Å². The Morgan fingerprint density at radius 1 is 1.47 bits per heavy atom. The number of aliphatic carboxylic acids is 1. The summed E-state index contributed by atoms with van der Waals surface area (Å²) >= 11 is 0. The molecule has 7 heteroatoms. The highest BCUT2D eigenvalue weighted by atomic mass is 32.2. The van der Waals surface area contributed by atoms with Gasteiger partial charge in [-0.05, 0) is 13.6 Å². The van der Waals surface area contributed by atoms with Gasteiger partial charge in [-0.2, -0.15) is 0 Å². The van der Waals surface area contributed by atoms with Gasteiger partial charge in [-0.3, -0.25) is 4.79 Å². The second-order valence-corrected chi connectivity index (χ2v) is 5.18. The number of nitrogens with one attached hydrogen (secondary N) is 1. The fourth-order valence-corrected chi connectivity index (χ4v) is 1.83. The fourth-order valence-electron chi connectivity index (χ4n) is 0.844. The third kappa shape index (κ3) is 8.34. The molecule has 15 heavy (non-hydrogen) atoms. The number of sulfonamides is 1. The van der Waals surface area contributed by atoms with Crippen LogP contribution >= 0.6 is 0 Å². The van der Waals surface area contributed by atoms with Gasteiger partial charge in [0, 0.05) is 13.1 Å². The van der Waals surface area contributed by atoms with Gasteiger partial charge < -0.3 is 10.0 Å². The summed E-state index contributed by atoms with van der Waals surface area (Å²) in [6, 6.07) is 0. The Bertz CT molecular complexity index is 289. The average molecular weight is 238 g/mol. The van der Waals surface area contributed by atoms with Crippen molar-refractivity contribution < 1.29 is 18.3 Å². The predicted molar refractivity (Wildman–Crippen MR) is 57.2 cm³/mol. The molecule has 0 fully saturated rings. The number of hydrogen-bond donors (Lipinski definition) is 2. The summed E-state index contributed by atoms with van der Waals surface area (Å²) in [7, 11) is -1.56. The molecule has 2 N–H and O–H groups in total. The molecule has 0 aliphatic carbocycles. The summed E-state index contributed by atoms with van der Waals surface area (Å²) in [6.07, 6.45) is -0.362. The van der Waals surface area contributed by atoms with Crippen molar-refractivity contribution in [2.45, 2.75) is 13.3 Å². The van der Waals surface area contributed by atoms with Crippen LogP contribution in [0.4, 0.5) is 0 Å². The first kappa shape index (κ1) is 14.3. The molecule has 0 bridgehead atoms. The molecule has 90 valence electrons. The zero-order valence-electron chi connectivity index (χ0n) is 9.06. The number of carboxylic acid groups (broad SMARTS) is 1. The molecule has 0 aromatic heterocycles. The van der Waals surface area contributed by atoms with Gasteiger partial charge >= 0.3 is 5.97 Å². The maximum absolute atomic E-state index is 11.2. The third-order valence-electron chi connectivity index (χ3n) is 1.94. The van der Waals surface area contributed by atoms with E-state index in [1.807, 2.05) is 18.9 Å². The SMILES string of the molecule is CCN(C)CCNS(=O)(=O)CCC(=O)O. The fraction of sp³-hybridized carbons (Fsp3) is 0.875. The lowest BCUT2D eigenvalue weighted by molar-refractivity contribution is -0.136. The molecule has 0 saturated heterocycles. The van der Waals surface area contributed by atoms with Gasteiger partial charge in [0.25, 0.3) is 0 Å². The standard InChI is InChI=1S/C8H18N2O4S/c1-3-10(2)6-5-9-15(13,14)7-4-8(11)12/h9H,3-7H2,1-2H3,(H,11,12). The van der Waals surface area contributed by atoms with Crippen LogP contribution in [0, 0.1) is 0 Å². The normalized spacial score (nSPS) is 11.9. The van der Waals surface area contributed by atoms with E-state index in [4.69, 9.17) is 5.11 Å². The van der Waals surface area contributed by atoms with Gasteiger partial charge in [-0.1, -0.05) is 6.92 Å². The maximum Gasteiger partial charge on any atom is 0.304 e. The van der Waals surface area contributed by atoms with E-state index in [2.05, 4.69) is 4.72 Å². The molecule has 0 aromatic rings. The minimum absolute atomic E-state index is 0.312. The lowest BCUT2D eigenvalue weighted by Crippen LogP contribution is -2.34. The van der Waals surface area contributed by atoms with E-state index < -0.39 is 16.0 Å². The quantitative estimate of drug-likeness (QED) is 0.586. The van der Waals surface area contributed by atoms with Crippen molar-refractivity contribution in [3.63, 3.8) is 0 Å². The molecule has 0 rings (SSSR count). The van der Waals surface area contributed by atoms with Crippen molar-refractivity contribution >= 4 is 16.0 Å². The Balaban J connectivity index is 3.79. The number of nitrogens with zero attached hydrogens (tertiary/aromatic N) is 1. The zero-order valence-corrected chi connectivity index (χ0v) is 9.88. The molecular formula is C8H18N2O4S. The minimum atomic E-state index is -3.44. The summed E-state index contributed by atoms with van der Waals surface area (Å²) in [5.74, 6) is -1.47. The highest BCUT2D eigenvalue weighted by Crippen LogP contribution is 1.89.